The van der Waals surface area contributed by atoms with E-state index in [2.05, 4.69) is 10.1 Å². The first-order chi connectivity index (χ1) is 19.1. The Kier molecular flexibility index (Phi) is 6.19. The van der Waals surface area contributed by atoms with Crippen LogP contribution in [0.25, 0.3) is 11.8 Å². The second-order valence-electron chi connectivity index (χ2n) is 9.71. The van der Waals surface area contributed by atoms with Gasteiger partial charge in [-0.05, 0) is 73.0 Å². The van der Waals surface area contributed by atoms with E-state index in [9.17, 15) is 30.8 Å². The van der Waals surface area contributed by atoms with Crippen LogP contribution in [0.3, 0.4) is 0 Å². The standard InChI is InChI=1S/C28H20F4N4O3S/c29-19-4-6-20(7-5-19)36-25-11-18-8-10-35(40(38,39)21-12-22(30)26(32)23(31)13-21)16-28(18,14-17(25)15-34-36)27(37)24-3-1-2-9-33-24/h1-7,9,11-13,15H,8,10,14,16H2. The summed E-state index contributed by atoms with van der Waals surface area (Å²) in [5, 5.41) is 4.43. The number of benzene rings is 2. The molecule has 1 aliphatic carbocycles. The average molecular weight is 569 g/mol. The fraction of sp³-hybridized carbons (Fsp3) is 0.179. The van der Waals surface area contributed by atoms with Gasteiger partial charge in [-0.2, -0.15) is 9.40 Å². The number of Topliss-reactive ketones (excluding diaryl/α,β-unsaturated/α-hetero) is 1. The summed E-state index contributed by atoms with van der Waals surface area (Å²) >= 11 is 0. The maximum Gasteiger partial charge on any atom is 0.243 e. The fourth-order valence-electron chi connectivity index (χ4n) is 5.38. The third-order valence-electron chi connectivity index (χ3n) is 7.38. The molecule has 3 heterocycles. The van der Waals surface area contributed by atoms with E-state index < -0.39 is 49.4 Å². The second kappa shape index (κ2) is 9.49. The summed E-state index contributed by atoms with van der Waals surface area (Å²) in [7, 11) is -4.52. The van der Waals surface area contributed by atoms with Crippen molar-refractivity contribution in [2.45, 2.75) is 17.7 Å². The van der Waals surface area contributed by atoms with Gasteiger partial charge in [-0.3, -0.25) is 9.78 Å². The number of rotatable bonds is 5. The zero-order chi connectivity index (χ0) is 28.2. The van der Waals surface area contributed by atoms with Gasteiger partial charge in [0, 0.05) is 19.3 Å². The van der Waals surface area contributed by atoms with Crippen molar-refractivity contribution in [3.63, 3.8) is 0 Å². The number of carbonyl (C=O) groups is 1. The van der Waals surface area contributed by atoms with Crippen molar-refractivity contribution >= 4 is 21.9 Å². The number of pyridine rings is 1. The fourth-order valence-corrected chi connectivity index (χ4v) is 6.91. The van der Waals surface area contributed by atoms with Crippen molar-refractivity contribution in [2.75, 3.05) is 13.1 Å². The van der Waals surface area contributed by atoms with Crippen molar-refractivity contribution in [3.05, 3.63) is 113 Å². The summed E-state index contributed by atoms with van der Waals surface area (Å²) in [5.74, 6) is -5.87. The molecule has 0 radical (unpaired) electrons. The molecule has 1 fully saturated rings. The SMILES string of the molecule is O=C(c1ccccn1)C12Cc3cnn(-c4ccc(F)cc4)c3C=C1CCN(S(=O)(=O)c1cc(F)c(F)c(F)c1)C2. The highest BCUT2D eigenvalue weighted by Gasteiger charge is 2.51. The highest BCUT2D eigenvalue weighted by molar-refractivity contribution is 7.89. The molecule has 2 aromatic heterocycles. The lowest BCUT2D eigenvalue weighted by Crippen LogP contribution is -2.53. The predicted molar refractivity (Wildman–Crippen MR) is 136 cm³/mol. The molecule has 1 atom stereocenters. The summed E-state index contributed by atoms with van der Waals surface area (Å²) < 4.78 is 84.6. The van der Waals surface area contributed by atoms with E-state index in [-0.39, 0.29) is 31.6 Å². The van der Waals surface area contributed by atoms with E-state index in [0.29, 0.717) is 34.7 Å². The largest absolute Gasteiger partial charge is 0.291 e. The van der Waals surface area contributed by atoms with E-state index in [1.807, 2.05) is 0 Å². The van der Waals surface area contributed by atoms with Crippen LogP contribution >= 0.6 is 0 Å². The highest BCUT2D eigenvalue weighted by atomic mass is 32.2. The Labute approximate surface area is 226 Å². The number of sulfonamides is 1. The summed E-state index contributed by atoms with van der Waals surface area (Å²) in [6.45, 7) is -0.426. The van der Waals surface area contributed by atoms with Crippen LogP contribution in [0.4, 0.5) is 17.6 Å². The zero-order valence-corrected chi connectivity index (χ0v) is 21.5. The Hall–Kier alpha value is -4.16. The van der Waals surface area contributed by atoms with Crippen molar-refractivity contribution in [1.82, 2.24) is 19.1 Å². The Morgan fingerprint density at radius 2 is 1.70 bits per heavy atom. The molecule has 1 unspecified atom stereocenters. The Morgan fingerprint density at radius 3 is 2.38 bits per heavy atom. The lowest BCUT2D eigenvalue weighted by atomic mass is 9.65. The molecule has 0 bridgehead atoms. The van der Waals surface area contributed by atoms with E-state index >= 15 is 0 Å². The summed E-state index contributed by atoms with van der Waals surface area (Å²) in [5.41, 5.74) is 1.30. The van der Waals surface area contributed by atoms with Crippen molar-refractivity contribution < 1.29 is 30.8 Å². The van der Waals surface area contributed by atoms with Crippen LogP contribution in [0.5, 0.6) is 0 Å². The van der Waals surface area contributed by atoms with Crippen LogP contribution in [0.1, 0.15) is 28.2 Å². The molecular weight excluding hydrogens is 548 g/mol. The molecule has 1 saturated heterocycles. The lowest BCUT2D eigenvalue weighted by Gasteiger charge is -2.44. The smallest absolute Gasteiger partial charge is 0.243 e. The molecule has 4 aromatic rings. The van der Waals surface area contributed by atoms with Gasteiger partial charge in [0.15, 0.2) is 23.2 Å². The summed E-state index contributed by atoms with van der Waals surface area (Å²) in [6.07, 6.45) is 5.01. The van der Waals surface area contributed by atoms with Crippen molar-refractivity contribution in [2.24, 2.45) is 5.41 Å². The number of piperidine rings is 1. The van der Waals surface area contributed by atoms with Crippen molar-refractivity contribution in [3.8, 4) is 5.69 Å². The van der Waals surface area contributed by atoms with E-state index in [1.54, 1.807) is 41.2 Å². The number of aromatic nitrogens is 3. The zero-order valence-electron chi connectivity index (χ0n) is 20.7. The topological polar surface area (TPSA) is 85.2 Å². The van der Waals surface area contributed by atoms with Gasteiger partial charge in [0.05, 0.1) is 27.9 Å². The summed E-state index contributed by atoms with van der Waals surface area (Å²) in [4.78, 5) is 17.5. The van der Waals surface area contributed by atoms with E-state index in [0.717, 1.165) is 4.31 Å². The molecule has 0 spiro atoms. The van der Waals surface area contributed by atoms with Crippen LogP contribution in [-0.4, -0.2) is 46.4 Å². The monoisotopic (exact) mass is 568 g/mol. The minimum atomic E-state index is -4.52. The first kappa shape index (κ1) is 26.1. The van der Waals surface area contributed by atoms with Gasteiger partial charge in [-0.1, -0.05) is 11.6 Å². The highest BCUT2D eigenvalue weighted by Crippen LogP contribution is 2.47. The number of halogens is 4. The number of fused-ring (bicyclic) bond motifs is 2. The van der Waals surface area contributed by atoms with Crippen LogP contribution < -0.4 is 0 Å². The van der Waals surface area contributed by atoms with Gasteiger partial charge >= 0.3 is 0 Å². The van der Waals surface area contributed by atoms with Gasteiger partial charge in [0.1, 0.15) is 11.5 Å². The predicted octanol–water partition coefficient (Wildman–Crippen LogP) is 4.73. The number of ketones is 1. The van der Waals surface area contributed by atoms with Gasteiger partial charge < -0.3 is 0 Å². The van der Waals surface area contributed by atoms with Crippen molar-refractivity contribution in [1.29, 1.82) is 0 Å². The molecule has 1 aliphatic heterocycles. The second-order valence-corrected chi connectivity index (χ2v) is 11.6. The van der Waals surface area contributed by atoms with Gasteiger partial charge in [-0.15, -0.1) is 0 Å². The van der Waals surface area contributed by atoms with Crippen LogP contribution in [0.2, 0.25) is 0 Å². The van der Waals surface area contributed by atoms with Crippen LogP contribution in [-0.2, 0) is 16.4 Å². The quantitative estimate of drug-likeness (QED) is 0.198. The van der Waals surface area contributed by atoms with Crippen LogP contribution in [0, 0.1) is 28.7 Å². The molecule has 0 saturated carbocycles. The number of nitrogens with zero attached hydrogens (tertiary/aromatic N) is 4. The average Bonchev–Trinajstić information content (AvgIpc) is 3.36. The third kappa shape index (κ3) is 4.14. The Balaban J connectivity index is 1.45. The third-order valence-corrected chi connectivity index (χ3v) is 9.20. The summed E-state index contributed by atoms with van der Waals surface area (Å²) in [6, 6.07) is 11.4. The maximum absolute atomic E-state index is 14.1. The Morgan fingerprint density at radius 1 is 0.975 bits per heavy atom. The molecule has 40 heavy (non-hydrogen) atoms. The van der Waals surface area contributed by atoms with Gasteiger partial charge in [-0.25, -0.2) is 30.7 Å². The molecule has 12 heteroatoms. The van der Waals surface area contributed by atoms with E-state index in [1.165, 1.54) is 24.4 Å². The maximum atomic E-state index is 14.1. The molecule has 2 aromatic carbocycles. The number of carbonyl (C=O) groups excluding carboxylic acids is 1. The molecule has 0 amide bonds. The minimum absolute atomic E-state index is 0.0724. The molecule has 7 nitrogen and oxygen atoms in total. The molecule has 0 N–H and O–H groups in total. The first-order valence-electron chi connectivity index (χ1n) is 12.2. The number of hydrogen-bond donors (Lipinski definition) is 0. The molecular formula is C28H20F4N4O3S. The first-order valence-corrected chi connectivity index (χ1v) is 13.7. The number of hydrogen-bond acceptors (Lipinski definition) is 5. The normalized spacial score (nSPS) is 19.1. The molecule has 6 rings (SSSR count). The molecule has 2 aliphatic rings. The van der Waals surface area contributed by atoms with Gasteiger partial charge in [0.2, 0.25) is 10.0 Å². The van der Waals surface area contributed by atoms with Gasteiger partial charge in [0.25, 0.3) is 0 Å². The Bertz CT molecular complexity index is 1770. The molecule has 204 valence electrons. The minimum Gasteiger partial charge on any atom is -0.291 e. The van der Waals surface area contributed by atoms with Crippen LogP contribution in [0.15, 0.2) is 77.5 Å². The van der Waals surface area contributed by atoms with E-state index in [4.69, 9.17) is 0 Å². The lowest BCUT2D eigenvalue weighted by molar-refractivity contribution is 0.0770.